The second-order valence-electron chi connectivity index (χ2n) is 6.78. The number of para-hydroxylation sites is 1. The molecule has 136 valence electrons. The number of carbonyl (C=O) groups excluding carboxylic acids is 1. The molecule has 1 unspecified atom stereocenters. The van der Waals surface area contributed by atoms with E-state index in [-0.39, 0.29) is 30.0 Å². The van der Waals surface area contributed by atoms with Gasteiger partial charge in [0.25, 0.3) is 5.56 Å². The molecule has 0 fully saturated rings. The minimum absolute atomic E-state index is 0.0108. The summed E-state index contributed by atoms with van der Waals surface area (Å²) in [6.45, 7) is 6.47. The largest absolute Gasteiger partial charge is 0.467 e. The summed E-state index contributed by atoms with van der Waals surface area (Å²) in [5, 5.41) is 0.511. The molecule has 0 aliphatic rings. The molecule has 1 amide bonds. The Balaban J connectivity index is 1.87. The first-order valence-electron chi connectivity index (χ1n) is 8.73. The summed E-state index contributed by atoms with van der Waals surface area (Å²) in [5.74, 6) is 0.858. The van der Waals surface area contributed by atoms with Crippen LogP contribution in [0.3, 0.4) is 0 Å². The number of furan rings is 1. The van der Waals surface area contributed by atoms with E-state index < -0.39 is 0 Å². The van der Waals surface area contributed by atoms with Gasteiger partial charge < -0.3 is 9.32 Å². The van der Waals surface area contributed by atoms with E-state index in [1.807, 2.05) is 19.1 Å². The molecule has 0 saturated heterocycles. The number of fused-ring (bicyclic) bond motifs is 1. The van der Waals surface area contributed by atoms with Crippen molar-refractivity contribution in [1.29, 1.82) is 0 Å². The number of hydrogen-bond donors (Lipinski definition) is 0. The first-order valence-corrected chi connectivity index (χ1v) is 8.73. The van der Waals surface area contributed by atoms with Gasteiger partial charge in [0.05, 0.1) is 30.0 Å². The summed E-state index contributed by atoms with van der Waals surface area (Å²) in [6.07, 6.45) is 3.03. The maximum atomic E-state index is 13.0. The Kier molecular flexibility index (Phi) is 5.21. The average molecular weight is 353 g/mol. The molecule has 6 heteroatoms. The zero-order valence-electron chi connectivity index (χ0n) is 15.3. The fourth-order valence-electron chi connectivity index (χ4n) is 2.84. The van der Waals surface area contributed by atoms with E-state index in [2.05, 4.69) is 18.8 Å². The lowest BCUT2D eigenvalue weighted by Crippen LogP contribution is -2.43. The zero-order chi connectivity index (χ0) is 18.7. The van der Waals surface area contributed by atoms with E-state index in [1.165, 1.54) is 10.9 Å². The summed E-state index contributed by atoms with van der Waals surface area (Å²) >= 11 is 0. The molecule has 0 aliphatic heterocycles. The molecule has 0 saturated carbocycles. The predicted molar refractivity (Wildman–Crippen MR) is 99.6 cm³/mol. The highest BCUT2D eigenvalue weighted by atomic mass is 16.3. The number of aromatic nitrogens is 2. The molecule has 26 heavy (non-hydrogen) atoms. The van der Waals surface area contributed by atoms with Crippen molar-refractivity contribution in [3.63, 3.8) is 0 Å². The minimum Gasteiger partial charge on any atom is -0.467 e. The van der Waals surface area contributed by atoms with Crippen LogP contribution in [0.1, 0.15) is 26.5 Å². The Morgan fingerprint density at radius 1 is 1.19 bits per heavy atom. The third kappa shape index (κ3) is 3.69. The molecule has 0 N–H and O–H groups in total. The van der Waals surface area contributed by atoms with Gasteiger partial charge in [0.2, 0.25) is 5.91 Å². The smallest absolute Gasteiger partial charge is 0.261 e. The van der Waals surface area contributed by atoms with Crippen molar-refractivity contribution in [1.82, 2.24) is 14.5 Å². The number of hydrogen-bond acceptors (Lipinski definition) is 4. The summed E-state index contributed by atoms with van der Waals surface area (Å²) in [5.41, 5.74) is 0.420. The van der Waals surface area contributed by atoms with Gasteiger partial charge in [-0.1, -0.05) is 26.0 Å². The van der Waals surface area contributed by atoms with Crippen LogP contribution in [0.2, 0.25) is 0 Å². The molecule has 0 spiro atoms. The van der Waals surface area contributed by atoms with Gasteiger partial charge in [-0.05, 0) is 37.1 Å². The van der Waals surface area contributed by atoms with Crippen molar-refractivity contribution < 1.29 is 9.21 Å². The van der Waals surface area contributed by atoms with E-state index in [9.17, 15) is 9.59 Å². The van der Waals surface area contributed by atoms with E-state index >= 15 is 0 Å². The normalized spacial score (nSPS) is 12.5. The number of benzene rings is 1. The fraction of sp³-hybridized carbons (Fsp3) is 0.350. The van der Waals surface area contributed by atoms with E-state index in [1.54, 1.807) is 35.4 Å². The Hall–Kier alpha value is -2.89. The highest BCUT2D eigenvalue weighted by molar-refractivity contribution is 5.79. The maximum Gasteiger partial charge on any atom is 0.261 e. The third-order valence-electron chi connectivity index (χ3n) is 4.72. The van der Waals surface area contributed by atoms with Crippen LogP contribution in [-0.4, -0.2) is 26.4 Å². The minimum atomic E-state index is -0.209. The standard InChI is InChI=1S/C20H23N3O3/c1-14(2)15(3)23(11-16-7-6-10-26-16)19(24)12-22-13-21-18-9-5-4-8-17(18)20(22)25/h4-10,13-15H,11-12H2,1-3H3. The highest BCUT2D eigenvalue weighted by Crippen LogP contribution is 2.16. The molecule has 2 aromatic heterocycles. The molecule has 0 bridgehead atoms. The summed E-state index contributed by atoms with van der Waals surface area (Å²) in [7, 11) is 0. The molecule has 2 heterocycles. The Labute approximate surface area is 152 Å². The molecule has 6 nitrogen and oxygen atoms in total. The van der Waals surface area contributed by atoms with E-state index in [0.717, 1.165) is 5.76 Å². The van der Waals surface area contributed by atoms with Crippen molar-refractivity contribution in [2.75, 3.05) is 0 Å². The number of nitrogens with zero attached hydrogens (tertiary/aromatic N) is 3. The van der Waals surface area contributed by atoms with Crippen LogP contribution in [0.4, 0.5) is 0 Å². The molecule has 1 aromatic carbocycles. The van der Waals surface area contributed by atoms with Gasteiger partial charge >= 0.3 is 0 Å². The van der Waals surface area contributed by atoms with E-state index in [4.69, 9.17) is 4.42 Å². The Morgan fingerprint density at radius 3 is 2.65 bits per heavy atom. The van der Waals surface area contributed by atoms with Gasteiger partial charge in [0.1, 0.15) is 12.3 Å². The highest BCUT2D eigenvalue weighted by Gasteiger charge is 2.24. The van der Waals surface area contributed by atoms with Crippen molar-refractivity contribution in [3.05, 3.63) is 65.1 Å². The van der Waals surface area contributed by atoms with Gasteiger partial charge in [-0.2, -0.15) is 0 Å². The van der Waals surface area contributed by atoms with Crippen LogP contribution in [0.5, 0.6) is 0 Å². The predicted octanol–water partition coefficient (Wildman–Crippen LogP) is 3.06. The van der Waals surface area contributed by atoms with Crippen molar-refractivity contribution in [3.8, 4) is 0 Å². The lowest BCUT2D eigenvalue weighted by Gasteiger charge is -2.31. The van der Waals surface area contributed by atoms with Crippen LogP contribution >= 0.6 is 0 Å². The molecular formula is C20H23N3O3. The second-order valence-corrected chi connectivity index (χ2v) is 6.78. The quantitative estimate of drug-likeness (QED) is 0.683. The van der Waals surface area contributed by atoms with Crippen LogP contribution in [-0.2, 0) is 17.9 Å². The molecule has 3 aromatic rings. The van der Waals surface area contributed by atoms with Gasteiger partial charge in [-0.15, -0.1) is 0 Å². The van der Waals surface area contributed by atoms with Crippen molar-refractivity contribution in [2.24, 2.45) is 5.92 Å². The molecule has 0 radical (unpaired) electrons. The topological polar surface area (TPSA) is 68.3 Å². The number of carbonyl (C=O) groups is 1. The number of rotatable bonds is 6. The van der Waals surface area contributed by atoms with Gasteiger partial charge in [0, 0.05) is 6.04 Å². The lowest BCUT2D eigenvalue weighted by molar-refractivity contribution is -0.135. The number of amides is 1. The van der Waals surface area contributed by atoms with Crippen LogP contribution in [0, 0.1) is 5.92 Å². The third-order valence-corrected chi connectivity index (χ3v) is 4.72. The van der Waals surface area contributed by atoms with E-state index in [0.29, 0.717) is 17.4 Å². The summed E-state index contributed by atoms with van der Waals surface area (Å²) in [6, 6.07) is 10.8. The molecule has 0 aliphatic carbocycles. The Bertz CT molecular complexity index is 944. The van der Waals surface area contributed by atoms with Crippen LogP contribution < -0.4 is 5.56 Å². The fourth-order valence-corrected chi connectivity index (χ4v) is 2.84. The molecular weight excluding hydrogens is 330 g/mol. The van der Waals surface area contributed by atoms with Crippen molar-refractivity contribution in [2.45, 2.75) is 39.9 Å². The second kappa shape index (κ2) is 7.56. The first-order chi connectivity index (χ1) is 12.5. The van der Waals surface area contributed by atoms with Gasteiger partial charge in [-0.25, -0.2) is 4.98 Å². The zero-order valence-corrected chi connectivity index (χ0v) is 15.3. The van der Waals surface area contributed by atoms with Crippen LogP contribution in [0.25, 0.3) is 10.9 Å². The van der Waals surface area contributed by atoms with Crippen LogP contribution in [0.15, 0.2) is 58.2 Å². The average Bonchev–Trinajstić information content (AvgIpc) is 3.14. The van der Waals surface area contributed by atoms with Gasteiger partial charge in [0.15, 0.2) is 0 Å². The monoisotopic (exact) mass is 353 g/mol. The Morgan fingerprint density at radius 2 is 1.96 bits per heavy atom. The first kappa shape index (κ1) is 17.9. The van der Waals surface area contributed by atoms with Gasteiger partial charge in [-0.3, -0.25) is 14.2 Å². The summed E-state index contributed by atoms with van der Waals surface area (Å²) < 4.78 is 6.77. The summed E-state index contributed by atoms with van der Waals surface area (Å²) in [4.78, 5) is 31.6. The molecule has 1 atom stereocenters. The SMILES string of the molecule is CC(C)C(C)N(Cc1ccco1)C(=O)Cn1cnc2ccccc2c1=O. The van der Waals surface area contributed by atoms with Crippen molar-refractivity contribution >= 4 is 16.8 Å². The maximum absolute atomic E-state index is 13.0. The molecule has 3 rings (SSSR count). The lowest BCUT2D eigenvalue weighted by atomic mass is 10.0.